The molecule has 0 spiro atoms. The van der Waals surface area contributed by atoms with Crippen molar-refractivity contribution in [2.75, 3.05) is 20.1 Å². The number of likely N-dealkylation sites (tertiary alicyclic amines) is 1. The smallest absolute Gasteiger partial charge is 0.0345 e. The van der Waals surface area contributed by atoms with E-state index in [4.69, 9.17) is 0 Å². The third-order valence-corrected chi connectivity index (χ3v) is 5.57. The first kappa shape index (κ1) is 9.20. The van der Waals surface area contributed by atoms with Crippen molar-refractivity contribution in [3.63, 3.8) is 0 Å². The standard InChI is InChI=1S/C14H15NS/c1-15-8-11-7-14(11,9-15)13-6-10-4-2-3-5-12(10)16-13/h2-6,11H,7-9H2,1H3/t11-,14-/m0/s1. The van der Waals surface area contributed by atoms with Gasteiger partial charge in [0.15, 0.2) is 0 Å². The molecule has 0 unspecified atom stereocenters. The van der Waals surface area contributed by atoms with Gasteiger partial charge in [0.05, 0.1) is 0 Å². The molecule has 2 heteroatoms. The molecular weight excluding hydrogens is 214 g/mol. The average Bonchev–Trinajstić information content (AvgIpc) is 2.71. The molecule has 2 fully saturated rings. The van der Waals surface area contributed by atoms with E-state index in [1.807, 2.05) is 11.3 Å². The van der Waals surface area contributed by atoms with Gasteiger partial charge in [-0.15, -0.1) is 11.3 Å². The van der Waals surface area contributed by atoms with Gasteiger partial charge in [-0.25, -0.2) is 0 Å². The van der Waals surface area contributed by atoms with Crippen molar-refractivity contribution in [3.8, 4) is 0 Å². The molecule has 2 aliphatic rings. The second-order valence-corrected chi connectivity index (χ2v) is 6.49. The van der Waals surface area contributed by atoms with Crippen molar-refractivity contribution in [1.82, 2.24) is 4.90 Å². The molecular formula is C14H15NS. The van der Waals surface area contributed by atoms with Crippen LogP contribution in [0.15, 0.2) is 30.3 Å². The highest BCUT2D eigenvalue weighted by Crippen LogP contribution is 2.60. The van der Waals surface area contributed by atoms with Gasteiger partial charge in [0.2, 0.25) is 0 Å². The third kappa shape index (κ3) is 1.09. The van der Waals surface area contributed by atoms with E-state index < -0.39 is 0 Å². The van der Waals surface area contributed by atoms with Crippen LogP contribution in [-0.2, 0) is 5.41 Å². The van der Waals surface area contributed by atoms with Gasteiger partial charge in [-0.3, -0.25) is 0 Å². The Hall–Kier alpha value is -0.860. The van der Waals surface area contributed by atoms with E-state index in [9.17, 15) is 0 Å². The fourth-order valence-electron chi connectivity index (χ4n) is 3.34. The molecule has 1 saturated carbocycles. The van der Waals surface area contributed by atoms with Gasteiger partial charge in [-0.05, 0) is 36.9 Å². The maximum atomic E-state index is 2.48. The minimum atomic E-state index is 0.540. The van der Waals surface area contributed by atoms with Gasteiger partial charge in [0.25, 0.3) is 0 Å². The summed E-state index contributed by atoms with van der Waals surface area (Å²) in [5.74, 6) is 0.936. The SMILES string of the molecule is CN1C[C@@H]2C[C@]2(c2cc3ccccc3s2)C1. The zero-order valence-electron chi connectivity index (χ0n) is 9.44. The number of rotatable bonds is 1. The van der Waals surface area contributed by atoms with E-state index in [1.54, 1.807) is 4.88 Å². The molecule has 2 aromatic rings. The Balaban J connectivity index is 1.83. The van der Waals surface area contributed by atoms with Crippen LogP contribution in [0, 0.1) is 5.92 Å². The third-order valence-electron chi connectivity index (χ3n) is 4.23. The van der Waals surface area contributed by atoms with Crippen LogP contribution in [-0.4, -0.2) is 25.0 Å². The summed E-state index contributed by atoms with van der Waals surface area (Å²) in [5, 5.41) is 1.43. The fraction of sp³-hybridized carbons (Fsp3) is 0.429. The van der Waals surface area contributed by atoms with Crippen molar-refractivity contribution in [3.05, 3.63) is 35.2 Å². The molecule has 4 rings (SSSR count). The Morgan fingerprint density at radius 1 is 1.38 bits per heavy atom. The van der Waals surface area contributed by atoms with Crippen LogP contribution in [0.25, 0.3) is 10.1 Å². The maximum Gasteiger partial charge on any atom is 0.0345 e. The lowest BCUT2D eigenvalue weighted by atomic mass is 10.0. The first-order chi connectivity index (χ1) is 7.78. The summed E-state index contributed by atoms with van der Waals surface area (Å²) in [4.78, 5) is 4.11. The molecule has 2 atom stereocenters. The normalized spacial score (nSPS) is 33.2. The second kappa shape index (κ2) is 2.88. The minimum absolute atomic E-state index is 0.540. The van der Waals surface area contributed by atoms with Crippen molar-refractivity contribution < 1.29 is 0 Å². The minimum Gasteiger partial charge on any atom is -0.305 e. The van der Waals surface area contributed by atoms with Crippen molar-refractivity contribution in [2.45, 2.75) is 11.8 Å². The first-order valence-electron chi connectivity index (χ1n) is 5.95. The summed E-state index contributed by atoms with van der Waals surface area (Å²) in [7, 11) is 2.25. The number of thiophene rings is 1. The molecule has 0 amide bonds. The van der Waals surface area contributed by atoms with Gasteiger partial charge in [-0.1, -0.05) is 18.2 Å². The lowest BCUT2D eigenvalue weighted by Gasteiger charge is -2.14. The molecule has 16 heavy (non-hydrogen) atoms. The average molecular weight is 229 g/mol. The predicted molar refractivity (Wildman–Crippen MR) is 69.1 cm³/mol. The van der Waals surface area contributed by atoms with Gasteiger partial charge in [0.1, 0.15) is 0 Å². The molecule has 1 aliphatic carbocycles. The van der Waals surface area contributed by atoms with Gasteiger partial charge >= 0.3 is 0 Å². The number of hydrogen-bond donors (Lipinski definition) is 0. The zero-order chi connectivity index (χ0) is 10.8. The van der Waals surface area contributed by atoms with Gasteiger partial charge in [-0.2, -0.15) is 0 Å². The lowest BCUT2D eigenvalue weighted by Crippen LogP contribution is -2.21. The Kier molecular flexibility index (Phi) is 1.65. The Labute approximate surface area is 99.7 Å². The first-order valence-corrected chi connectivity index (χ1v) is 6.77. The second-order valence-electron chi connectivity index (χ2n) is 5.40. The fourth-order valence-corrected chi connectivity index (χ4v) is 4.68. The summed E-state index contributed by atoms with van der Waals surface area (Å²) < 4.78 is 1.45. The lowest BCUT2D eigenvalue weighted by molar-refractivity contribution is 0.364. The van der Waals surface area contributed by atoms with Crippen molar-refractivity contribution in [1.29, 1.82) is 0 Å². The van der Waals surface area contributed by atoms with Crippen LogP contribution < -0.4 is 0 Å². The Morgan fingerprint density at radius 2 is 2.25 bits per heavy atom. The van der Waals surface area contributed by atoms with E-state index >= 15 is 0 Å². The molecule has 1 aromatic carbocycles. The highest BCUT2D eigenvalue weighted by Gasteiger charge is 2.60. The van der Waals surface area contributed by atoms with Gasteiger partial charge in [0, 0.05) is 28.1 Å². The van der Waals surface area contributed by atoms with Crippen LogP contribution in [0.2, 0.25) is 0 Å². The van der Waals surface area contributed by atoms with E-state index in [-0.39, 0.29) is 0 Å². The van der Waals surface area contributed by atoms with Crippen LogP contribution in [0.3, 0.4) is 0 Å². The van der Waals surface area contributed by atoms with Crippen LogP contribution in [0.4, 0.5) is 0 Å². The highest BCUT2D eigenvalue weighted by molar-refractivity contribution is 7.19. The summed E-state index contributed by atoms with van der Waals surface area (Å²) in [6.07, 6.45) is 1.42. The molecule has 2 heterocycles. The molecule has 0 N–H and O–H groups in total. The van der Waals surface area contributed by atoms with Crippen molar-refractivity contribution in [2.24, 2.45) is 5.92 Å². The predicted octanol–water partition coefficient (Wildman–Crippen LogP) is 3.10. The topological polar surface area (TPSA) is 3.24 Å². The van der Waals surface area contributed by atoms with Crippen molar-refractivity contribution >= 4 is 21.4 Å². The van der Waals surface area contributed by atoms with Gasteiger partial charge < -0.3 is 4.90 Å². The summed E-state index contributed by atoms with van der Waals surface area (Å²) in [6.45, 7) is 2.57. The molecule has 1 saturated heterocycles. The molecule has 1 aliphatic heterocycles. The summed E-state index contributed by atoms with van der Waals surface area (Å²) in [6, 6.07) is 11.2. The quantitative estimate of drug-likeness (QED) is 0.726. The Bertz CT molecular complexity index is 526. The van der Waals surface area contributed by atoms with Crippen LogP contribution in [0.1, 0.15) is 11.3 Å². The van der Waals surface area contributed by atoms with Crippen LogP contribution >= 0.6 is 11.3 Å². The number of likely N-dealkylation sites (N-methyl/N-ethyl adjacent to an activating group) is 1. The highest BCUT2D eigenvalue weighted by atomic mass is 32.1. The number of fused-ring (bicyclic) bond motifs is 2. The molecule has 82 valence electrons. The van der Waals surface area contributed by atoms with E-state index in [0.717, 1.165) is 5.92 Å². The summed E-state index contributed by atoms with van der Waals surface area (Å²) >= 11 is 2.01. The molecule has 0 bridgehead atoms. The number of nitrogens with zero attached hydrogens (tertiary/aromatic N) is 1. The number of piperidine rings is 1. The largest absolute Gasteiger partial charge is 0.305 e. The van der Waals surface area contributed by atoms with E-state index in [0.29, 0.717) is 5.41 Å². The number of hydrogen-bond acceptors (Lipinski definition) is 2. The van der Waals surface area contributed by atoms with E-state index in [2.05, 4.69) is 42.3 Å². The zero-order valence-corrected chi connectivity index (χ0v) is 10.3. The summed E-state index contributed by atoms with van der Waals surface area (Å²) in [5.41, 5.74) is 0.540. The monoisotopic (exact) mass is 229 g/mol. The molecule has 1 aromatic heterocycles. The molecule has 1 nitrogen and oxygen atoms in total. The van der Waals surface area contributed by atoms with E-state index in [1.165, 1.54) is 29.6 Å². The Morgan fingerprint density at radius 3 is 3.00 bits per heavy atom. The maximum absolute atomic E-state index is 2.48. The number of benzene rings is 1. The van der Waals surface area contributed by atoms with Crippen LogP contribution in [0.5, 0.6) is 0 Å². The molecule has 0 radical (unpaired) electrons.